The molecule has 0 radical (unpaired) electrons. The number of hydrogen-bond acceptors (Lipinski definition) is 4. The van der Waals surface area contributed by atoms with E-state index >= 15 is 0 Å². The van der Waals surface area contributed by atoms with Crippen molar-refractivity contribution in [3.05, 3.63) is 99.4 Å². The number of amides is 2. The topological polar surface area (TPSA) is 62.3 Å². The van der Waals surface area contributed by atoms with Crippen LogP contribution >= 0.6 is 23.2 Å². The predicted octanol–water partition coefficient (Wildman–Crippen LogP) is 5.09. The number of carbonyl (C=O) groups excluding carboxylic acids is 2. The van der Waals surface area contributed by atoms with Crippen LogP contribution in [0.15, 0.2) is 72.7 Å². The van der Waals surface area contributed by atoms with Crippen molar-refractivity contribution in [1.82, 2.24) is 9.88 Å². The van der Waals surface area contributed by atoms with Crippen LogP contribution < -0.4 is 5.32 Å². The van der Waals surface area contributed by atoms with Gasteiger partial charge in [-0.15, -0.1) is 0 Å². The number of nitrogens with one attached hydrogen (secondary N) is 1. The van der Waals surface area contributed by atoms with Crippen LogP contribution in [0.1, 0.15) is 16.7 Å². The second-order valence-corrected chi connectivity index (χ2v) is 7.71. The minimum atomic E-state index is -0.419. The molecule has 7 heteroatoms. The molecule has 1 N–H and O–H groups in total. The highest BCUT2D eigenvalue weighted by atomic mass is 35.5. The van der Waals surface area contributed by atoms with E-state index in [-0.39, 0.29) is 17.8 Å². The summed E-state index contributed by atoms with van der Waals surface area (Å²) in [4.78, 5) is 31.8. The van der Waals surface area contributed by atoms with Gasteiger partial charge in [0, 0.05) is 28.7 Å². The van der Waals surface area contributed by atoms with Gasteiger partial charge in [0.05, 0.1) is 17.1 Å². The third-order valence-corrected chi connectivity index (χ3v) is 5.41. The quantitative estimate of drug-likeness (QED) is 0.564. The Morgan fingerprint density at radius 3 is 2.40 bits per heavy atom. The first-order valence-electron chi connectivity index (χ1n) is 9.23. The summed E-state index contributed by atoms with van der Waals surface area (Å²) in [6, 6.07) is 15.9. The number of aromatic nitrogens is 1. The standard InChI is InChI=1S/C23H17Cl2N3O2/c1-14-4-2-3-5-19(14)27-21-20(17-7-6-16(24)12-18(17)25)22(29)28(23(21)30)13-15-8-10-26-11-9-15/h2-12,27H,13H2,1H3. The summed E-state index contributed by atoms with van der Waals surface area (Å²) >= 11 is 12.4. The number of halogens is 2. The van der Waals surface area contributed by atoms with Crippen LogP contribution in [0.4, 0.5) is 5.69 Å². The Hall–Kier alpha value is -3.15. The zero-order valence-corrected chi connectivity index (χ0v) is 17.5. The molecule has 0 unspecified atom stereocenters. The molecule has 1 aliphatic heterocycles. The van der Waals surface area contributed by atoms with Gasteiger partial charge in [-0.3, -0.25) is 19.5 Å². The van der Waals surface area contributed by atoms with Crippen LogP contribution in [-0.2, 0) is 16.1 Å². The lowest BCUT2D eigenvalue weighted by atomic mass is 10.0. The molecular formula is C23H17Cl2N3O2. The summed E-state index contributed by atoms with van der Waals surface area (Å²) in [6.45, 7) is 2.06. The Morgan fingerprint density at radius 2 is 1.70 bits per heavy atom. The first-order chi connectivity index (χ1) is 14.5. The van der Waals surface area contributed by atoms with Crippen LogP contribution in [0.2, 0.25) is 10.0 Å². The second kappa shape index (κ2) is 8.30. The molecule has 0 saturated heterocycles. The highest BCUT2D eigenvalue weighted by Crippen LogP contribution is 2.36. The van der Waals surface area contributed by atoms with Gasteiger partial charge in [-0.1, -0.05) is 47.5 Å². The lowest BCUT2D eigenvalue weighted by Crippen LogP contribution is -2.32. The van der Waals surface area contributed by atoms with Gasteiger partial charge < -0.3 is 5.32 Å². The molecule has 30 heavy (non-hydrogen) atoms. The van der Waals surface area contributed by atoms with Crippen LogP contribution in [0, 0.1) is 6.92 Å². The smallest absolute Gasteiger partial charge is 0.278 e. The van der Waals surface area contributed by atoms with E-state index in [2.05, 4.69) is 10.3 Å². The fourth-order valence-electron chi connectivity index (χ4n) is 3.30. The van der Waals surface area contributed by atoms with Crippen molar-refractivity contribution in [2.45, 2.75) is 13.5 Å². The number of benzene rings is 2. The minimum absolute atomic E-state index is 0.133. The summed E-state index contributed by atoms with van der Waals surface area (Å²) in [5.74, 6) is -0.835. The minimum Gasteiger partial charge on any atom is -0.350 e. The molecule has 150 valence electrons. The van der Waals surface area contributed by atoms with Crippen molar-refractivity contribution in [3.63, 3.8) is 0 Å². The highest BCUT2D eigenvalue weighted by molar-refractivity contribution is 6.41. The Balaban J connectivity index is 1.80. The lowest BCUT2D eigenvalue weighted by Gasteiger charge is -2.15. The Labute approximate surface area is 183 Å². The summed E-state index contributed by atoms with van der Waals surface area (Å²) < 4.78 is 0. The van der Waals surface area contributed by atoms with Crippen molar-refractivity contribution in [2.24, 2.45) is 0 Å². The molecule has 5 nitrogen and oxygen atoms in total. The van der Waals surface area contributed by atoms with Crippen molar-refractivity contribution in [2.75, 3.05) is 5.32 Å². The number of imide groups is 1. The fourth-order valence-corrected chi connectivity index (χ4v) is 3.80. The van der Waals surface area contributed by atoms with Crippen molar-refractivity contribution in [3.8, 4) is 0 Å². The maximum atomic E-state index is 13.3. The molecule has 2 amide bonds. The van der Waals surface area contributed by atoms with Gasteiger partial charge in [0.1, 0.15) is 5.70 Å². The fraction of sp³-hybridized carbons (Fsp3) is 0.0870. The molecule has 1 aromatic heterocycles. The zero-order chi connectivity index (χ0) is 21.3. The largest absolute Gasteiger partial charge is 0.350 e. The average molecular weight is 438 g/mol. The van der Waals surface area contributed by atoms with E-state index in [9.17, 15) is 9.59 Å². The van der Waals surface area contributed by atoms with Crippen LogP contribution in [0.3, 0.4) is 0 Å². The molecule has 4 rings (SSSR count). The molecular weight excluding hydrogens is 421 g/mol. The molecule has 0 aliphatic carbocycles. The second-order valence-electron chi connectivity index (χ2n) is 6.87. The summed E-state index contributed by atoms with van der Waals surface area (Å²) in [6.07, 6.45) is 3.24. The van der Waals surface area contributed by atoms with Crippen LogP contribution in [0.5, 0.6) is 0 Å². The van der Waals surface area contributed by atoms with Gasteiger partial charge in [-0.2, -0.15) is 0 Å². The van der Waals surface area contributed by atoms with E-state index in [0.29, 0.717) is 15.6 Å². The molecule has 3 aromatic rings. The Kier molecular flexibility index (Phi) is 5.57. The first-order valence-corrected chi connectivity index (χ1v) is 9.98. The van der Waals surface area contributed by atoms with E-state index < -0.39 is 11.8 Å². The lowest BCUT2D eigenvalue weighted by molar-refractivity contribution is -0.137. The first kappa shape index (κ1) is 20.1. The molecule has 2 aromatic carbocycles. The Bertz CT molecular complexity index is 1180. The SMILES string of the molecule is Cc1ccccc1NC1=C(c2ccc(Cl)cc2Cl)C(=O)N(Cc2ccncc2)C1=O. The van der Waals surface area contributed by atoms with Crippen LogP contribution in [-0.4, -0.2) is 21.7 Å². The van der Waals surface area contributed by atoms with E-state index in [1.54, 1.807) is 42.7 Å². The number of pyridine rings is 1. The van der Waals surface area contributed by atoms with Gasteiger partial charge in [0.15, 0.2) is 0 Å². The third-order valence-electron chi connectivity index (χ3n) is 4.86. The molecule has 0 bridgehead atoms. The molecule has 0 atom stereocenters. The zero-order valence-electron chi connectivity index (χ0n) is 16.0. The van der Waals surface area contributed by atoms with Gasteiger partial charge >= 0.3 is 0 Å². The van der Waals surface area contributed by atoms with E-state index in [4.69, 9.17) is 23.2 Å². The Morgan fingerprint density at radius 1 is 0.967 bits per heavy atom. The number of aryl methyl sites for hydroxylation is 1. The van der Waals surface area contributed by atoms with Gasteiger partial charge in [0.2, 0.25) is 0 Å². The van der Waals surface area contributed by atoms with Gasteiger partial charge in [0.25, 0.3) is 11.8 Å². The number of rotatable bonds is 5. The number of nitrogens with zero attached hydrogens (tertiary/aromatic N) is 2. The number of hydrogen-bond donors (Lipinski definition) is 1. The molecule has 0 saturated carbocycles. The van der Waals surface area contributed by atoms with E-state index in [0.717, 1.165) is 16.8 Å². The average Bonchev–Trinajstić information content (AvgIpc) is 2.95. The van der Waals surface area contributed by atoms with E-state index in [1.807, 2.05) is 31.2 Å². The van der Waals surface area contributed by atoms with Crippen LogP contribution in [0.25, 0.3) is 5.57 Å². The van der Waals surface area contributed by atoms with Crippen molar-refractivity contribution in [1.29, 1.82) is 0 Å². The van der Waals surface area contributed by atoms with Crippen molar-refractivity contribution < 1.29 is 9.59 Å². The third kappa shape index (κ3) is 3.82. The maximum absolute atomic E-state index is 13.3. The summed E-state index contributed by atoms with van der Waals surface area (Å²) in [7, 11) is 0. The highest BCUT2D eigenvalue weighted by Gasteiger charge is 2.40. The number of carbonyl (C=O) groups is 2. The van der Waals surface area contributed by atoms with Gasteiger partial charge in [-0.25, -0.2) is 0 Å². The molecule has 1 aliphatic rings. The predicted molar refractivity (Wildman–Crippen MR) is 118 cm³/mol. The number of anilines is 1. The monoisotopic (exact) mass is 437 g/mol. The normalized spacial score (nSPS) is 13.9. The maximum Gasteiger partial charge on any atom is 0.278 e. The molecule has 0 spiro atoms. The summed E-state index contributed by atoms with van der Waals surface area (Å²) in [5.41, 5.74) is 3.34. The van der Waals surface area contributed by atoms with E-state index in [1.165, 1.54) is 4.90 Å². The number of para-hydroxylation sites is 1. The molecule has 2 heterocycles. The van der Waals surface area contributed by atoms with Gasteiger partial charge in [-0.05, 0) is 48.4 Å². The summed E-state index contributed by atoms with van der Waals surface area (Å²) in [5, 5.41) is 3.91. The van der Waals surface area contributed by atoms with Crippen molar-refractivity contribution >= 4 is 46.3 Å². The molecule has 0 fully saturated rings.